The third-order valence-corrected chi connectivity index (χ3v) is 8.44. The molecule has 1 heterocycles. The molecule has 0 radical (unpaired) electrons. The quantitative estimate of drug-likeness (QED) is 0.275. The number of rotatable bonds is 11. The number of carbonyl (C=O) groups is 3. The molecule has 1 aliphatic heterocycles. The molecule has 0 aromatic heterocycles. The molecule has 0 saturated carbocycles. The molecule has 0 aliphatic carbocycles. The van der Waals surface area contributed by atoms with Gasteiger partial charge in [0.15, 0.2) is 0 Å². The van der Waals surface area contributed by atoms with Crippen LogP contribution < -0.4 is 10.0 Å². The maximum absolute atomic E-state index is 13.6. The van der Waals surface area contributed by atoms with E-state index in [0.717, 1.165) is 10.8 Å². The van der Waals surface area contributed by atoms with Crippen molar-refractivity contribution in [3.8, 4) is 0 Å². The van der Waals surface area contributed by atoms with Crippen molar-refractivity contribution in [2.45, 2.75) is 30.2 Å². The van der Waals surface area contributed by atoms with E-state index in [1.54, 1.807) is 28.0 Å². The zero-order valence-electron chi connectivity index (χ0n) is 22.3. The molecule has 1 saturated heterocycles. The van der Waals surface area contributed by atoms with Crippen molar-refractivity contribution in [3.63, 3.8) is 0 Å². The summed E-state index contributed by atoms with van der Waals surface area (Å²) in [7, 11) is -3.93. The Morgan fingerprint density at radius 1 is 0.850 bits per heavy atom. The molecule has 9 nitrogen and oxygen atoms in total. The number of carbonyl (C=O) groups excluding carboxylic acids is 3. The summed E-state index contributed by atoms with van der Waals surface area (Å²) >= 11 is 0. The average molecular weight is 563 g/mol. The second-order valence-corrected chi connectivity index (χ2v) is 11.3. The molecule has 3 aromatic rings. The van der Waals surface area contributed by atoms with Gasteiger partial charge in [-0.1, -0.05) is 61.2 Å². The van der Waals surface area contributed by atoms with Crippen molar-refractivity contribution < 1.29 is 22.8 Å². The summed E-state index contributed by atoms with van der Waals surface area (Å²) in [6, 6.07) is 20.3. The summed E-state index contributed by atoms with van der Waals surface area (Å²) in [6.45, 7) is 5.10. The first-order chi connectivity index (χ1) is 19.3. The summed E-state index contributed by atoms with van der Waals surface area (Å²) in [4.78, 5) is 41.7. The van der Waals surface area contributed by atoms with Crippen molar-refractivity contribution in [3.05, 3.63) is 91.0 Å². The SMILES string of the molecule is C=CC(=O)NCCCC[C@H](NS(=O)(=O)c1ccccc1)C(=O)N1CCN(C(=O)c2cccc3ccccc23)CC1. The Labute approximate surface area is 234 Å². The van der Waals surface area contributed by atoms with E-state index < -0.39 is 16.1 Å². The number of piperazine rings is 1. The summed E-state index contributed by atoms with van der Waals surface area (Å²) < 4.78 is 28.7. The lowest BCUT2D eigenvalue weighted by atomic mass is 10.0. The van der Waals surface area contributed by atoms with Crippen LogP contribution in [0.5, 0.6) is 0 Å². The first-order valence-electron chi connectivity index (χ1n) is 13.3. The lowest BCUT2D eigenvalue weighted by molar-refractivity contribution is -0.134. The van der Waals surface area contributed by atoms with Gasteiger partial charge in [0.25, 0.3) is 5.91 Å². The molecule has 210 valence electrons. The highest BCUT2D eigenvalue weighted by molar-refractivity contribution is 7.89. The Morgan fingerprint density at radius 2 is 1.50 bits per heavy atom. The van der Waals surface area contributed by atoms with E-state index >= 15 is 0 Å². The standard InChI is InChI=1S/C30H34N4O5S/c1-2-28(35)31-18-9-8-17-27(32-40(38,39)24-13-4-3-5-14-24)30(37)34-21-19-33(20-22-34)29(36)26-16-10-12-23-11-6-7-15-25(23)26/h2-7,10-16,27,32H,1,8-9,17-22H2,(H,31,35)/t27-/m0/s1. The van der Waals surface area contributed by atoms with Crippen LogP contribution in [0.3, 0.4) is 0 Å². The average Bonchev–Trinajstić information content (AvgIpc) is 2.99. The van der Waals surface area contributed by atoms with Crippen LogP contribution in [0.15, 0.2) is 90.3 Å². The van der Waals surface area contributed by atoms with Gasteiger partial charge in [0.2, 0.25) is 21.8 Å². The van der Waals surface area contributed by atoms with E-state index in [1.807, 2.05) is 42.5 Å². The lowest BCUT2D eigenvalue weighted by Gasteiger charge is -2.36. The Morgan fingerprint density at radius 3 is 2.23 bits per heavy atom. The van der Waals surface area contributed by atoms with E-state index in [9.17, 15) is 22.8 Å². The number of sulfonamides is 1. The van der Waals surface area contributed by atoms with E-state index in [0.29, 0.717) is 51.1 Å². The second kappa shape index (κ2) is 13.4. The van der Waals surface area contributed by atoms with E-state index in [1.165, 1.54) is 18.2 Å². The molecular weight excluding hydrogens is 528 g/mol. The zero-order valence-corrected chi connectivity index (χ0v) is 23.1. The van der Waals surface area contributed by atoms with Crippen LogP contribution in [0.4, 0.5) is 0 Å². The number of hydrogen-bond acceptors (Lipinski definition) is 5. The minimum atomic E-state index is -3.93. The summed E-state index contributed by atoms with van der Waals surface area (Å²) in [5, 5.41) is 4.55. The minimum Gasteiger partial charge on any atom is -0.353 e. The summed E-state index contributed by atoms with van der Waals surface area (Å²) in [5.41, 5.74) is 0.620. The number of hydrogen-bond donors (Lipinski definition) is 2. The van der Waals surface area contributed by atoms with Crippen molar-refractivity contribution >= 4 is 38.5 Å². The monoisotopic (exact) mass is 562 g/mol. The third-order valence-electron chi connectivity index (χ3n) is 6.95. The number of amides is 3. The molecule has 0 unspecified atom stereocenters. The van der Waals surface area contributed by atoms with Gasteiger partial charge in [0.05, 0.1) is 4.90 Å². The molecule has 2 N–H and O–H groups in total. The first-order valence-corrected chi connectivity index (χ1v) is 14.8. The van der Waals surface area contributed by atoms with Crippen LogP contribution in [-0.4, -0.2) is 74.7 Å². The van der Waals surface area contributed by atoms with Gasteiger partial charge >= 0.3 is 0 Å². The Kier molecular flexibility index (Phi) is 9.68. The van der Waals surface area contributed by atoms with E-state index in [2.05, 4.69) is 16.6 Å². The molecule has 3 aromatic carbocycles. The van der Waals surface area contributed by atoms with Gasteiger partial charge in [-0.2, -0.15) is 4.72 Å². The van der Waals surface area contributed by atoms with E-state index in [4.69, 9.17) is 0 Å². The number of nitrogens with zero attached hydrogens (tertiary/aromatic N) is 2. The van der Waals surface area contributed by atoms with Gasteiger partial charge < -0.3 is 15.1 Å². The number of nitrogens with one attached hydrogen (secondary N) is 2. The Bertz CT molecular complexity index is 1460. The zero-order chi connectivity index (χ0) is 28.5. The van der Waals surface area contributed by atoms with Crippen molar-refractivity contribution in [1.82, 2.24) is 19.8 Å². The molecule has 0 bridgehead atoms. The van der Waals surface area contributed by atoms with Crippen LogP contribution in [0.25, 0.3) is 10.8 Å². The van der Waals surface area contributed by atoms with Gasteiger partial charge in [-0.3, -0.25) is 14.4 Å². The second-order valence-electron chi connectivity index (χ2n) is 9.62. The highest BCUT2D eigenvalue weighted by Gasteiger charge is 2.32. The van der Waals surface area contributed by atoms with Gasteiger partial charge in [0, 0.05) is 38.3 Å². The summed E-state index contributed by atoms with van der Waals surface area (Å²) in [6.07, 6.45) is 2.55. The van der Waals surface area contributed by atoms with Gasteiger partial charge in [-0.25, -0.2) is 8.42 Å². The van der Waals surface area contributed by atoms with Crippen molar-refractivity contribution in [2.24, 2.45) is 0 Å². The Hall–Kier alpha value is -4.02. The molecule has 3 amide bonds. The molecule has 10 heteroatoms. The van der Waals surface area contributed by atoms with Gasteiger partial charge in [-0.15, -0.1) is 0 Å². The van der Waals surface area contributed by atoms with Crippen LogP contribution in [0.2, 0.25) is 0 Å². The normalized spacial score (nSPS) is 14.5. The number of fused-ring (bicyclic) bond motifs is 1. The molecule has 1 aliphatic rings. The largest absolute Gasteiger partial charge is 0.353 e. The van der Waals surface area contributed by atoms with Crippen LogP contribution in [0.1, 0.15) is 29.6 Å². The molecule has 4 rings (SSSR count). The summed E-state index contributed by atoms with van der Waals surface area (Å²) in [5.74, 6) is -0.702. The first kappa shape index (κ1) is 29.0. The predicted octanol–water partition coefficient (Wildman–Crippen LogP) is 2.94. The number of unbranched alkanes of at least 4 members (excludes halogenated alkanes) is 1. The minimum absolute atomic E-state index is 0.0801. The highest BCUT2D eigenvalue weighted by Crippen LogP contribution is 2.21. The van der Waals surface area contributed by atoms with E-state index in [-0.39, 0.29) is 29.0 Å². The fourth-order valence-corrected chi connectivity index (χ4v) is 6.02. The number of benzene rings is 3. The molecule has 40 heavy (non-hydrogen) atoms. The molecule has 0 spiro atoms. The smallest absolute Gasteiger partial charge is 0.254 e. The Balaban J connectivity index is 1.41. The van der Waals surface area contributed by atoms with Crippen molar-refractivity contribution in [2.75, 3.05) is 32.7 Å². The highest BCUT2D eigenvalue weighted by atomic mass is 32.2. The maximum Gasteiger partial charge on any atom is 0.254 e. The van der Waals surface area contributed by atoms with Crippen LogP contribution in [-0.2, 0) is 19.6 Å². The topological polar surface area (TPSA) is 116 Å². The fraction of sp³-hybridized carbons (Fsp3) is 0.300. The fourth-order valence-electron chi connectivity index (χ4n) is 4.78. The van der Waals surface area contributed by atoms with Crippen LogP contribution >= 0.6 is 0 Å². The predicted molar refractivity (Wildman–Crippen MR) is 154 cm³/mol. The maximum atomic E-state index is 13.6. The van der Waals surface area contributed by atoms with Gasteiger partial charge in [-0.05, 0) is 54.3 Å². The van der Waals surface area contributed by atoms with Crippen LogP contribution in [0, 0.1) is 0 Å². The molecule has 1 atom stereocenters. The molecule has 1 fully saturated rings. The third kappa shape index (κ3) is 7.13. The van der Waals surface area contributed by atoms with Gasteiger partial charge in [0.1, 0.15) is 6.04 Å². The van der Waals surface area contributed by atoms with Crippen molar-refractivity contribution in [1.29, 1.82) is 0 Å². The molecular formula is C30H34N4O5S. The lowest BCUT2D eigenvalue weighted by Crippen LogP contribution is -2.55.